The van der Waals surface area contributed by atoms with Gasteiger partial charge in [-0.15, -0.1) is 11.3 Å². The molecule has 0 unspecified atom stereocenters. The normalized spacial score (nSPS) is 17.1. The maximum absolute atomic E-state index is 13.5. The van der Waals surface area contributed by atoms with Gasteiger partial charge in [-0.05, 0) is 18.2 Å². The number of pyridine rings is 1. The van der Waals surface area contributed by atoms with Gasteiger partial charge in [0.05, 0.1) is 38.7 Å². The molecule has 2 aliphatic heterocycles. The van der Waals surface area contributed by atoms with Gasteiger partial charge in [-0.2, -0.15) is 13.2 Å². The van der Waals surface area contributed by atoms with Crippen LogP contribution in [0.5, 0.6) is 0 Å². The number of aromatic nitrogens is 2. The minimum Gasteiger partial charge on any atom is -0.475 e. The number of hydrogen-bond acceptors (Lipinski definition) is 6. The SMILES string of the molecule is O=C(O)C(F)(F)F.O=C1c2c(N3CCC(F)(F)CC3)ccnc2CN1CCc1nc2ccccc2s1. The van der Waals surface area contributed by atoms with E-state index in [0.29, 0.717) is 25.1 Å². The zero-order chi connectivity index (χ0) is 26.1. The molecule has 0 bridgehead atoms. The van der Waals surface area contributed by atoms with Crippen LogP contribution in [-0.4, -0.2) is 63.6 Å². The molecular formula is C23H21F5N4O3S. The number of piperidine rings is 1. The molecule has 13 heteroatoms. The molecule has 0 aliphatic carbocycles. The van der Waals surface area contributed by atoms with Crippen LogP contribution < -0.4 is 4.90 Å². The van der Waals surface area contributed by atoms with Crippen molar-refractivity contribution in [3.8, 4) is 0 Å². The first-order valence-corrected chi connectivity index (χ1v) is 11.8. The summed E-state index contributed by atoms with van der Waals surface area (Å²) in [5.74, 6) is -5.44. The number of benzene rings is 1. The molecule has 1 fully saturated rings. The molecule has 2 aliphatic rings. The van der Waals surface area contributed by atoms with E-state index in [9.17, 15) is 26.7 Å². The van der Waals surface area contributed by atoms with E-state index in [-0.39, 0.29) is 31.8 Å². The van der Waals surface area contributed by atoms with Gasteiger partial charge >= 0.3 is 12.1 Å². The fourth-order valence-corrected chi connectivity index (χ4v) is 4.99. The smallest absolute Gasteiger partial charge is 0.475 e. The molecule has 3 aromatic rings. The Bertz CT molecular complexity index is 1240. The number of alkyl halides is 5. The average Bonchev–Trinajstić information content (AvgIpc) is 3.38. The average molecular weight is 529 g/mol. The molecule has 1 amide bonds. The first-order valence-electron chi connectivity index (χ1n) is 11.0. The van der Waals surface area contributed by atoms with E-state index in [2.05, 4.69) is 9.97 Å². The van der Waals surface area contributed by atoms with Crippen molar-refractivity contribution < 1.29 is 36.6 Å². The molecule has 0 radical (unpaired) electrons. The minimum atomic E-state index is -5.08. The Labute approximate surface area is 206 Å². The summed E-state index contributed by atoms with van der Waals surface area (Å²) in [7, 11) is 0. The van der Waals surface area contributed by atoms with Crippen molar-refractivity contribution in [2.45, 2.75) is 37.9 Å². The van der Waals surface area contributed by atoms with Gasteiger partial charge in [-0.3, -0.25) is 9.78 Å². The number of carboxylic acid groups (broad SMARTS) is 1. The standard InChI is InChI=1S/C21H20F2N4OS.C2HF3O2/c22-21(23)7-11-26(12-8-21)16-5-9-24-15-13-27(20(28)19(15)16)10-6-18-25-14-3-1-2-4-17(14)29-18;3-2(4,5)1(6)7/h1-5,9H,6-8,10-13H2;(H,6,7). The number of hydrogen-bond donors (Lipinski definition) is 1. The number of carboxylic acids is 1. The number of fused-ring (bicyclic) bond motifs is 2. The van der Waals surface area contributed by atoms with E-state index in [4.69, 9.17) is 9.90 Å². The Kier molecular flexibility index (Phi) is 7.12. The van der Waals surface area contributed by atoms with Crippen LogP contribution in [0.1, 0.15) is 33.9 Å². The fraction of sp³-hybridized carbons (Fsp3) is 0.391. The maximum atomic E-state index is 13.5. The van der Waals surface area contributed by atoms with E-state index >= 15 is 0 Å². The second kappa shape index (κ2) is 9.96. The van der Waals surface area contributed by atoms with Gasteiger partial charge in [0.2, 0.25) is 0 Å². The van der Waals surface area contributed by atoms with Crippen molar-refractivity contribution in [1.82, 2.24) is 14.9 Å². The van der Waals surface area contributed by atoms with Gasteiger partial charge < -0.3 is 14.9 Å². The summed E-state index contributed by atoms with van der Waals surface area (Å²) < 4.78 is 59.9. The third kappa shape index (κ3) is 5.72. The van der Waals surface area contributed by atoms with E-state index < -0.39 is 18.1 Å². The number of nitrogens with zero attached hydrogens (tertiary/aromatic N) is 4. The molecule has 5 rings (SSSR count). The lowest BCUT2D eigenvalue weighted by molar-refractivity contribution is -0.192. The summed E-state index contributed by atoms with van der Waals surface area (Å²) in [5, 5.41) is 8.13. The van der Waals surface area contributed by atoms with Gasteiger partial charge in [0.15, 0.2) is 0 Å². The van der Waals surface area contributed by atoms with E-state index in [0.717, 1.165) is 26.6 Å². The van der Waals surface area contributed by atoms with E-state index in [1.54, 1.807) is 28.5 Å². The zero-order valence-corrected chi connectivity index (χ0v) is 19.6. The van der Waals surface area contributed by atoms with E-state index in [1.807, 2.05) is 29.2 Å². The Morgan fingerprint density at radius 1 is 1.14 bits per heavy atom. The van der Waals surface area contributed by atoms with Crippen LogP contribution in [0.4, 0.5) is 27.6 Å². The monoisotopic (exact) mass is 528 g/mol. The quantitative estimate of drug-likeness (QED) is 0.492. The first kappa shape index (κ1) is 25.7. The highest BCUT2D eigenvalue weighted by Gasteiger charge is 2.39. The molecule has 2 aromatic heterocycles. The van der Waals surface area contributed by atoms with Crippen LogP contribution in [0.2, 0.25) is 0 Å². The van der Waals surface area contributed by atoms with Crippen LogP contribution in [0.15, 0.2) is 36.5 Å². The Balaban J connectivity index is 0.000000384. The van der Waals surface area contributed by atoms with Crippen molar-refractivity contribution in [2.75, 3.05) is 24.5 Å². The Morgan fingerprint density at radius 3 is 2.44 bits per heavy atom. The molecular weight excluding hydrogens is 507 g/mol. The molecule has 4 heterocycles. The number of anilines is 1. The number of amides is 1. The number of rotatable bonds is 4. The lowest BCUT2D eigenvalue weighted by Crippen LogP contribution is -2.40. The number of carbonyl (C=O) groups excluding carboxylic acids is 1. The number of aliphatic carboxylic acids is 1. The van der Waals surface area contributed by atoms with Crippen molar-refractivity contribution in [3.05, 3.63) is 52.8 Å². The lowest BCUT2D eigenvalue weighted by Gasteiger charge is -2.34. The van der Waals surface area contributed by atoms with Crippen molar-refractivity contribution in [3.63, 3.8) is 0 Å². The largest absolute Gasteiger partial charge is 0.490 e. The molecule has 0 saturated carbocycles. The summed E-state index contributed by atoms with van der Waals surface area (Å²) in [4.78, 5) is 34.7. The molecule has 36 heavy (non-hydrogen) atoms. The molecule has 1 N–H and O–H groups in total. The number of halogens is 5. The van der Waals surface area contributed by atoms with Crippen molar-refractivity contribution >= 4 is 39.1 Å². The van der Waals surface area contributed by atoms with Crippen LogP contribution in [0.25, 0.3) is 10.2 Å². The second-order valence-electron chi connectivity index (χ2n) is 8.35. The molecule has 1 aromatic carbocycles. The predicted octanol–water partition coefficient (Wildman–Crippen LogP) is 4.76. The highest BCUT2D eigenvalue weighted by Crippen LogP contribution is 2.35. The maximum Gasteiger partial charge on any atom is 0.490 e. The second-order valence-corrected chi connectivity index (χ2v) is 9.46. The van der Waals surface area contributed by atoms with Gasteiger partial charge in [-0.25, -0.2) is 18.6 Å². The van der Waals surface area contributed by atoms with Crippen LogP contribution in [0, 0.1) is 0 Å². The highest BCUT2D eigenvalue weighted by atomic mass is 32.1. The van der Waals surface area contributed by atoms with E-state index in [1.165, 1.54) is 0 Å². The molecule has 0 spiro atoms. The van der Waals surface area contributed by atoms with Gasteiger partial charge in [0.1, 0.15) is 0 Å². The fourth-order valence-electron chi connectivity index (χ4n) is 4.03. The van der Waals surface area contributed by atoms with Crippen molar-refractivity contribution in [2.24, 2.45) is 0 Å². The topological polar surface area (TPSA) is 86.6 Å². The third-order valence-electron chi connectivity index (χ3n) is 5.86. The Hall–Kier alpha value is -3.35. The summed E-state index contributed by atoms with van der Waals surface area (Å²) >= 11 is 1.65. The summed E-state index contributed by atoms with van der Waals surface area (Å²) in [6.07, 6.45) is -3.09. The lowest BCUT2D eigenvalue weighted by atomic mass is 10.0. The third-order valence-corrected chi connectivity index (χ3v) is 6.96. The van der Waals surface area contributed by atoms with Gasteiger partial charge in [-0.1, -0.05) is 12.1 Å². The van der Waals surface area contributed by atoms with Gasteiger partial charge in [0, 0.05) is 45.1 Å². The first-order chi connectivity index (χ1) is 16.9. The number of thiazole rings is 1. The van der Waals surface area contributed by atoms with Crippen LogP contribution in [0.3, 0.4) is 0 Å². The van der Waals surface area contributed by atoms with Gasteiger partial charge in [0.25, 0.3) is 11.8 Å². The molecule has 1 saturated heterocycles. The predicted molar refractivity (Wildman–Crippen MR) is 122 cm³/mol. The Morgan fingerprint density at radius 2 is 1.81 bits per heavy atom. The van der Waals surface area contributed by atoms with Crippen LogP contribution >= 0.6 is 11.3 Å². The minimum absolute atomic E-state index is 0.0680. The van der Waals surface area contributed by atoms with Crippen LogP contribution in [-0.2, 0) is 17.8 Å². The highest BCUT2D eigenvalue weighted by molar-refractivity contribution is 7.18. The van der Waals surface area contributed by atoms with Crippen molar-refractivity contribution in [1.29, 1.82) is 0 Å². The number of para-hydroxylation sites is 1. The molecule has 0 atom stereocenters. The zero-order valence-electron chi connectivity index (χ0n) is 18.8. The number of carbonyl (C=O) groups is 2. The summed E-state index contributed by atoms with van der Waals surface area (Å²) in [6.45, 7) is 1.52. The molecule has 192 valence electrons. The molecule has 7 nitrogen and oxygen atoms in total. The summed E-state index contributed by atoms with van der Waals surface area (Å²) in [6, 6.07) is 9.78. The summed E-state index contributed by atoms with van der Waals surface area (Å²) in [5.41, 5.74) is 3.02.